The van der Waals surface area contributed by atoms with Gasteiger partial charge in [0.05, 0.1) is 0 Å². The van der Waals surface area contributed by atoms with Crippen LogP contribution >= 0.6 is 0 Å². The van der Waals surface area contributed by atoms with Gasteiger partial charge in [0.25, 0.3) is 0 Å². The summed E-state index contributed by atoms with van der Waals surface area (Å²) in [5, 5.41) is 0. The van der Waals surface area contributed by atoms with Crippen molar-refractivity contribution in [3.05, 3.63) is 0 Å². The van der Waals surface area contributed by atoms with Crippen LogP contribution in [0, 0.1) is 11.3 Å². The van der Waals surface area contributed by atoms with E-state index in [4.69, 9.17) is 0 Å². The van der Waals surface area contributed by atoms with Gasteiger partial charge in [-0.3, -0.25) is 4.79 Å². The molecule has 2 heteroatoms. The highest BCUT2D eigenvalue weighted by Gasteiger charge is 2.28. The van der Waals surface area contributed by atoms with Crippen LogP contribution in [-0.2, 0) is 4.79 Å². The fourth-order valence-corrected chi connectivity index (χ4v) is 2.18. The average molecular weight is 197 g/mol. The lowest BCUT2D eigenvalue weighted by atomic mass is 9.79. The normalized spacial score (nSPS) is 20.3. The van der Waals surface area contributed by atoms with Crippen molar-refractivity contribution in [2.45, 2.75) is 47.0 Å². The van der Waals surface area contributed by atoms with E-state index in [1.54, 1.807) is 0 Å². The fourth-order valence-electron chi connectivity index (χ4n) is 2.18. The standard InChI is InChI=1S/C12H23NO/c1-5-10(12(2,3)4)9-13-8-6-7-11(13)14/h10H,5-9H2,1-4H3. The lowest BCUT2D eigenvalue weighted by molar-refractivity contribution is -0.128. The summed E-state index contributed by atoms with van der Waals surface area (Å²) >= 11 is 0. The molecule has 1 atom stereocenters. The number of hydrogen-bond donors (Lipinski definition) is 0. The van der Waals surface area contributed by atoms with E-state index in [2.05, 4.69) is 27.7 Å². The minimum atomic E-state index is 0.317. The van der Waals surface area contributed by atoms with E-state index in [9.17, 15) is 4.79 Å². The maximum atomic E-state index is 11.5. The Hall–Kier alpha value is -0.530. The zero-order valence-electron chi connectivity index (χ0n) is 9.97. The van der Waals surface area contributed by atoms with Crippen LogP contribution in [-0.4, -0.2) is 23.9 Å². The molecule has 0 aliphatic carbocycles. The second-order valence-corrected chi connectivity index (χ2v) is 5.41. The summed E-state index contributed by atoms with van der Waals surface area (Å²) in [6.45, 7) is 11.0. The van der Waals surface area contributed by atoms with E-state index in [0.29, 0.717) is 17.2 Å². The third kappa shape index (κ3) is 2.73. The minimum absolute atomic E-state index is 0.317. The number of carbonyl (C=O) groups is 1. The van der Waals surface area contributed by atoms with Crippen LogP contribution in [0.4, 0.5) is 0 Å². The van der Waals surface area contributed by atoms with E-state index >= 15 is 0 Å². The molecule has 0 N–H and O–H groups in total. The van der Waals surface area contributed by atoms with Gasteiger partial charge in [0.2, 0.25) is 5.91 Å². The molecule has 0 bridgehead atoms. The van der Waals surface area contributed by atoms with Crippen molar-refractivity contribution in [2.24, 2.45) is 11.3 Å². The van der Waals surface area contributed by atoms with Crippen LogP contribution in [0.25, 0.3) is 0 Å². The monoisotopic (exact) mass is 197 g/mol. The number of hydrogen-bond acceptors (Lipinski definition) is 1. The van der Waals surface area contributed by atoms with Gasteiger partial charge in [-0.25, -0.2) is 0 Å². The summed E-state index contributed by atoms with van der Waals surface area (Å²) in [6, 6.07) is 0. The molecule has 14 heavy (non-hydrogen) atoms. The predicted octanol–water partition coefficient (Wildman–Crippen LogP) is 2.68. The fraction of sp³-hybridized carbons (Fsp3) is 0.917. The van der Waals surface area contributed by atoms with Crippen LogP contribution in [0.3, 0.4) is 0 Å². The first-order valence-electron chi connectivity index (χ1n) is 5.73. The predicted molar refractivity (Wildman–Crippen MR) is 59.1 cm³/mol. The Morgan fingerprint density at radius 2 is 2.07 bits per heavy atom. The zero-order valence-corrected chi connectivity index (χ0v) is 9.97. The van der Waals surface area contributed by atoms with Crippen molar-refractivity contribution >= 4 is 5.91 Å². The third-order valence-corrected chi connectivity index (χ3v) is 3.33. The molecule has 1 fully saturated rings. The first-order valence-corrected chi connectivity index (χ1v) is 5.73. The van der Waals surface area contributed by atoms with Crippen molar-refractivity contribution in [3.8, 4) is 0 Å². The van der Waals surface area contributed by atoms with Crippen molar-refractivity contribution in [3.63, 3.8) is 0 Å². The molecular formula is C12H23NO. The number of rotatable bonds is 3. The zero-order chi connectivity index (χ0) is 10.8. The molecule has 82 valence electrons. The van der Waals surface area contributed by atoms with Crippen LogP contribution in [0.15, 0.2) is 0 Å². The van der Waals surface area contributed by atoms with Crippen molar-refractivity contribution in [2.75, 3.05) is 13.1 Å². The van der Waals surface area contributed by atoms with Gasteiger partial charge < -0.3 is 4.90 Å². The largest absolute Gasteiger partial charge is 0.342 e. The molecule has 1 rings (SSSR count). The molecule has 0 saturated carbocycles. The third-order valence-electron chi connectivity index (χ3n) is 3.33. The van der Waals surface area contributed by atoms with Gasteiger partial charge in [-0.1, -0.05) is 34.1 Å². The van der Waals surface area contributed by atoms with Crippen molar-refractivity contribution < 1.29 is 4.79 Å². The van der Waals surface area contributed by atoms with Gasteiger partial charge in [-0.15, -0.1) is 0 Å². The Morgan fingerprint density at radius 3 is 2.43 bits per heavy atom. The van der Waals surface area contributed by atoms with Gasteiger partial charge in [0.15, 0.2) is 0 Å². The quantitative estimate of drug-likeness (QED) is 0.681. The summed E-state index contributed by atoms with van der Waals surface area (Å²) < 4.78 is 0. The topological polar surface area (TPSA) is 20.3 Å². The van der Waals surface area contributed by atoms with Crippen LogP contribution in [0.2, 0.25) is 0 Å². The van der Waals surface area contributed by atoms with E-state index < -0.39 is 0 Å². The second kappa shape index (κ2) is 4.33. The van der Waals surface area contributed by atoms with Crippen LogP contribution in [0.1, 0.15) is 47.0 Å². The summed E-state index contributed by atoms with van der Waals surface area (Å²) in [5.74, 6) is 0.984. The molecule has 1 saturated heterocycles. The number of amides is 1. The maximum Gasteiger partial charge on any atom is 0.222 e. The molecular weight excluding hydrogens is 174 g/mol. The molecule has 0 radical (unpaired) electrons. The molecule has 0 spiro atoms. The van der Waals surface area contributed by atoms with Gasteiger partial charge in [-0.2, -0.15) is 0 Å². The SMILES string of the molecule is CCC(CN1CCCC1=O)C(C)(C)C. The van der Waals surface area contributed by atoms with Gasteiger partial charge >= 0.3 is 0 Å². The van der Waals surface area contributed by atoms with E-state index in [1.807, 2.05) is 4.90 Å². The highest BCUT2D eigenvalue weighted by Crippen LogP contribution is 2.30. The Bertz CT molecular complexity index is 205. The van der Waals surface area contributed by atoms with Gasteiger partial charge in [-0.05, 0) is 17.8 Å². The van der Waals surface area contributed by atoms with Crippen molar-refractivity contribution in [1.82, 2.24) is 4.90 Å². The molecule has 1 heterocycles. The van der Waals surface area contributed by atoms with Gasteiger partial charge in [0.1, 0.15) is 0 Å². The Labute approximate surface area is 87.7 Å². The molecule has 1 unspecified atom stereocenters. The average Bonchev–Trinajstić information content (AvgIpc) is 2.45. The Morgan fingerprint density at radius 1 is 1.43 bits per heavy atom. The Balaban J connectivity index is 2.52. The number of likely N-dealkylation sites (tertiary alicyclic amines) is 1. The van der Waals surface area contributed by atoms with Crippen LogP contribution < -0.4 is 0 Å². The summed E-state index contributed by atoms with van der Waals surface area (Å²) in [7, 11) is 0. The van der Waals surface area contributed by atoms with Crippen molar-refractivity contribution in [1.29, 1.82) is 0 Å². The second-order valence-electron chi connectivity index (χ2n) is 5.41. The Kier molecular flexibility index (Phi) is 3.57. The molecule has 0 aromatic heterocycles. The molecule has 1 aliphatic heterocycles. The van der Waals surface area contributed by atoms with Crippen LogP contribution in [0.5, 0.6) is 0 Å². The summed E-state index contributed by atoms with van der Waals surface area (Å²) in [5.41, 5.74) is 0.317. The summed E-state index contributed by atoms with van der Waals surface area (Å²) in [4.78, 5) is 13.5. The van der Waals surface area contributed by atoms with Gasteiger partial charge in [0, 0.05) is 19.5 Å². The number of carbonyl (C=O) groups excluding carboxylic acids is 1. The molecule has 1 aliphatic rings. The van der Waals surface area contributed by atoms with E-state index in [1.165, 1.54) is 0 Å². The first kappa shape index (κ1) is 11.5. The molecule has 0 aromatic rings. The highest BCUT2D eigenvalue weighted by molar-refractivity contribution is 5.78. The van der Waals surface area contributed by atoms with E-state index in [-0.39, 0.29) is 0 Å². The molecule has 1 amide bonds. The first-order chi connectivity index (χ1) is 6.45. The lowest BCUT2D eigenvalue weighted by Crippen LogP contribution is -2.35. The number of nitrogens with zero attached hydrogens (tertiary/aromatic N) is 1. The minimum Gasteiger partial charge on any atom is -0.342 e. The molecule has 0 aromatic carbocycles. The highest BCUT2D eigenvalue weighted by atomic mass is 16.2. The maximum absolute atomic E-state index is 11.5. The lowest BCUT2D eigenvalue weighted by Gasteiger charge is -2.33. The summed E-state index contributed by atoms with van der Waals surface area (Å²) in [6.07, 6.45) is 2.98. The van der Waals surface area contributed by atoms with E-state index in [0.717, 1.165) is 32.4 Å². The molecule has 2 nitrogen and oxygen atoms in total. The smallest absolute Gasteiger partial charge is 0.222 e.